The minimum absolute atomic E-state index is 0.274. The van der Waals surface area contributed by atoms with Crippen LogP contribution in [0.25, 0.3) is 0 Å². The molecule has 0 spiro atoms. The third-order valence-corrected chi connectivity index (χ3v) is 3.81. The highest BCUT2D eigenvalue weighted by molar-refractivity contribution is 7.98. The van der Waals surface area contributed by atoms with E-state index in [0.717, 1.165) is 18.8 Å². The normalized spacial score (nSPS) is 23.7. The standard InChI is InChI=1S/C12H20N4OS/c1-8-3-5-9(6-4-8)17-11-7-10(16-13)14-12(15-11)18-2/h7-9H,3-6,13H2,1-2H3,(H,14,15,16). The molecule has 0 aliphatic heterocycles. The number of nitrogens with two attached hydrogens (primary N) is 1. The number of nitrogens with zero attached hydrogens (tertiary/aromatic N) is 2. The molecule has 1 aromatic heterocycles. The quantitative estimate of drug-likeness (QED) is 0.378. The third-order valence-electron chi connectivity index (χ3n) is 3.26. The fourth-order valence-corrected chi connectivity index (χ4v) is 2.52. The number of nitrogen functional groups attached to an aromatic ring is 1. The Morgan fingerprint density at radius 1 is 1.33 bits per heavy atom. The summed E-state index contributed by atoms with van der Waals surface area (Å²) in [6.45, 7) is 2.29. The van der Waals surface area contributed by atoms with Gasteiger partial charge in [0.25, 0.3) is 0 Å². The highest BCUT2D eigenvalue weighted by atomic mass is 32.2. The number of hydrogen-bond donors (Lipinski definition) is 2. The van der Waals surface area contributed by atoms with Crippen LogP contribution in [-0.2, 0) is 0 Å². The van der Waals surface area contributed by atoms with E-state index in [1.807, 2.05) is 6.26 Å². The van der Waals surface area contributed by atoms with Gasteiger partial charge in [0.2, 0.25) is 5.88 Å². The molecule has 1 aliphatic carbocycles. The lowest BCUT2D eigenvalue weighted by atomic mass is 9.89. The zero-order valence-electron chi connectivity index (χ0n) is 10.8. The van der Waals surface area contributed by atoms with Crippen molar-refractivity contribution in [3.63, 3.8) is 0 Å². The maximum Gasteiger partial charge on any atom is 0.219 e. The van der Waals surface area contributed by atoms with Crippen molar-refractivity contribution in [3.05, 3.63) is 6.07 Å². The minimum atomic E-state index is 0.274. The van der Waals surface area contributed by atoms with Gasteiger partial charge in [0, 0.05) is 6.07 Å². The van der Waals surface area contributed by atoms with E-state index < -0.39 is 0 Å². The Bertz CT molecular complexity index is 371. The van der Waals surface area contributed by atoms with Gasteiger partial charge < -0.3 is 10.2 Å². The summed E-state index contributed by atoms with van der Waals surface area (Å²) in [5.74, 6) is 7.41. The van der Waals surface area contributed by atoms with Crippen LogP contribution in [0.4, 0.5) is 5.82 Å². The molecule has 0 saturated heterocycles. The molecular weight excluding hydrogens is 248 g/mol. The number of thioether (sulfide) groups is 1. The van der Waals surface area contributed by atoms with Crippen molar-refractivity contribution in [1.29, 1.82) is 0 Å². The Kier molecular flexibility index (Phi) is 4.66. The van der Waals surface area contributed by atoms with Gasteiger partial charge in [0.05, 0.1) is 0 Å². The van der Waals surface area contributed by atoms with Crippen LogP contribution < -0.4 is 16.0 Å². The minimum Gasteiger partial charge on any atom is -0.474 e. The van der Waals surface area contributed by atoms with E-state index in [2.05, 4.69) is 22.3 Å². The molecule has 0 aromatic carbocycles. The predicted octanol–water partition coefficient (Wildman–Crippen LogP) is 2.44. The van der Waals surface area contributed by atoms with Crippen molar-refractivity contribution < 1.29 is 4.74 Å². The number of hydrazine groups is 1. The van der Waals surface area contributed by atoms with Crippen LogP contribution in [0.5, 0.6) is 5.88 Å². The molecule has 0 radical (unpaired) electrons. The smallest absolute Gasteiger partial charge is 0.219 e. The average molecular weight is 268 g/mol. The third kappa shape index (κ3) is 3.49. The monoisotopic (exact) mass is 268 g/mol. The first-order valence-electron chi connectivity index (χ1n) is 6.27. The summed E-state index contributed by atoms with van der Waals surface area (Å²) < 4.78 is 5.93. The molecule has 3 N–H and O–H groups in total. The molecule has 1 aromatic rings. The second-order valence-corrected chi connectivity index (χ2v) is 5.50. The van der Waals surface area contributed by atoms with E-state index in [-0.39, 0.29) is 6.10 Å². The highest BCUT2D eigenvalue weighted by Gasteiger charge is 2.20. The van der Waals surface area contributed by atoms with Crippen molar-refractivity contribution in [2.75, 3.05) is 11.7 Å². The molecular formula is C12H20N4OS. The van der Waals surface area contributed by atoms with E-state index in [1.54, 1.807) is 6.07 Å². The molecule has 0 amide bonds. The number of aromatic nitrogens is 2. The van der Waals surface area contributed by atoms with Crippen molar-refractivity contribution in [3.8, 4) is 5.88 Å². The van der Waals surface area contributed by atoms with Gasteiger partial charge in [-0.25, -0.2) is 10.8 Å². The SMILES string of the molecule is CSc1nc(NN)cc(OC2CCC(C)CC2)n1. The van der Waals surface area contributed by atoms with Crippen LogP contribution >= 0.6 is 11.8 Å². The summed E-state index contributed by atoms with van der Waals surface area (Å²) in [6.07, 6.45) is 6.87. The lowest BCUT2D eigenvalue weighted by Gasteiger charge is -2.26. The number of hydrogen-bond acceptors (Lipinski definition) is 6. The second-order valence-electron chi connectivity index (χ2n) is 4.72. The highest BCUT2D eigenvalue weighted by Crippen LogP contribution is 2.27. The van der Waals surface area contributed by atoms with Gasteiger partial charge in [-0.2, -0.15) is 4.98 Å². The van der Waals surface area contributed by atoms with Gasteiger partial charge in [-0.3, -0.25) is 0 Å². The van der Waals surface area contributed by atoms with Crippen LogP contribution in [0.1, 0.15) is 32.6 Å². The first-order valence-corrected chi connectivity index (χ1v) is 7.50. The zero-order valence-corrected chi connectivity index (χ0v) is 11.7. The van der Waals surface area contributed by atoms with E-state index in [9.17, 15) is 0 Å². The molecule has 1 saturated carbocycles. The molecule has 2 rings (SSSR count). The van der Waals surface area contributed by atoms with Gasteiger partial charge in [-0.05, 0) is 37.9 Å². The van der Waals surface area contributed by atoms with Crippen molar-refractivity contribution >= 4 is 17.6 Å². The summed E-state index contributed by atoms with van der Waals surface area (Å²) in [5.41, 5.74) is 2.54. The van der Waals surface area contributed by atoms with Crippen molar-refractivity contribution in [2.45, 2.75) is 43.9 Å². The molecule has 100 valence electrons. The molecule has 18 heavy (non-hydrogen) atoms. The summed E-state index contributed by atoms with van der Waals surface area (Å²) in [6, 6.07) is 1.75. The molecule has 5 nitrogen and oxygen atoms in total. The molecule has 1 fully saturated rings. The average Bonchev–Trinajstić information content (AvgIpc) is 2.41. The molecule has 6 heteroatoms. The molecule has 0 unspecified atom stereocenters. The Balaban J connectivity index is 2.03. The van der Waals surface area contributed by atoms with E-state index in [0.29, 0.717) is 16.9 Å². The lowest BCUT2D eigenvalue weighted by Crippen LogP contribution is -2.23. The van der Waals surface area contributed by atoms with Gasteiger partial charge in [-0.1, -0.05) is 18.7 Å². The summed E-state index contributed by atoms with van der Waals surface area (Å²) >= 11 is 1.48. The second kappa shape index (κ2) is 6.24. The summed E-state index contributed by atoms with van der Waals surface area (Å²) in [5, 5.41) is 0.671. The van der Waals surface area contributed by atoms with Gasteiger partial charge in [-0.15, -0.1) is 0 Å². The number of nitrogens with one attached hydrogen (secondary N) is 1. The van der Waals surface area contributed by atoms with Crippen LogP contribution in [0.3, 0.4) is 0 Å². The van der Waals surface area contributed by atoms with Crippen LogP contribution in [0.2, 0.25) is 0 Å². The van der Waals surface area contributed by atoms with Crippen LogP contribution in [0.15, 0.2) is 11.2 Å². The Hall–Kier alpha value is -1.01. The number of anilines is 1. The number of ether oxygens (including phenoxy) is 1. The first kappa shape index (κ1) is 13.4. The first-order chi connectivity index (χ1) is 8.71. The number of rotatable bonds is 4. The topological polar surface area (TPSA) is 73.1 Å². The molecule has 0 bridgehead atoms. The largest absolute Gasteiger partial charge is 0.474 e. The van der Waals surface area contributed by atoms with Crippen molar-refractivity contribution in [1.82, 2.24) is 9.97 Å². The molecule has 1 heterocycles. The maximum absolute atomic E-state index is 5.93. The Labute approximate surface area is 112 Å². The lowest BCUT2D eigenvalue weighted by molar-refractivity contribution is 0.129. The van der Waals surface area contributed by atoms with Gasteiger partial charge in [0.1, 0.15) is 11.9 Å². The fraction of sp³-hybridized carbons (Fsp3) is 0.667. The zero-order chi connectivity index (χ0) is 13.0. The van der Waals surface area contributed by atoms with Gasteiger partial charge >= 0.3 is 0 Å². The summed E-state index contributed by atoms with van der Waals surface area (Å²) in [4.78, 5) is 8.56. The van der Waals surface area contributed by atoms with E-state index >= 15 is 0 Å². The van der Waals surface area contributed by atoms with Crippen molar-refractivity contribution in [2.24, 2.45) is 11.8 Å². The van der Waals surface area contributed by atoms with Gasteiger partial charge in [0.15, 0.2) is 5.16 Å². The predicted molar refractivity (Wildman–Crippen MR) is 73.7 cm³/mol. The molecule has 0 atom stereocenters. The Morgan fingerprint density at radius 2 is 2.06 bits per heavy atom. The molecule has 1 aliphatic rings. The van der Waals surface area contributed by atoms with E-state index in [4.69, 9.17) is 10.6 Å². The van der Waals surface area contributed by atoms with Crippen LogP contribution in [0, 0.1) is 5.92 Å². The fourth-order valence-electron chi connectivity index (χ4n) is 2.15. The Morgan fingerprint density at radius 3 is 2.67 bits per heavy atom. The van der Waals surface area contributed by atoms with Crippen LogP contribution in [-0.4, -0.2) is 22.3 Å². The maximum atomic E-state index is 5.93. The van der Waals surface area contributed by atoms with E-state index in [1.165, 1.54) is 24.6 Å². The summed E-state index contributed by atoms with van der Waals surface area (Å²) in [7, 11) is 0.